The van der Waals surface area contributed by atoms with Gasteiger partial charge in [0.25, 0.3) is 0 Å². The molecule has 0 aliphatic heterocycles. The van der Waals surface area contributed by atoms with Crippen LogP contribution in [0.1, 0.15) is 28.8 Å². The lowest BCUT2D eigenvalue weighted by atomic mass is 9.90. The van der Waals surface area contributed by atoms with Gasteiger partial charge in [0.2, 0.25) is 0 Å². The van der Waals surface area contributed by atoms with Crippen molar-refractivity contribution < 1.29 is 14.7 Å². The molecule has 1 aliphatic rings. The number of anilines is 1. The summed E-state index contributed by atoms with van der Waals surface area (Å²) in [6, 6.07) is 5.12. The molecule has 2 amide bonds. The van der Waals surface area contributed by atoms with Crippen molar-refractivity contribution in [2.75, 3.05) is 25.0 Å². The molecule has 0 heterocycles. The van der Waals surface area contributed by atoms with Crippen molar-refractivity contribution in [2.24, 2.45) is 0 Å². The Labute approximate surface area is 124 Å². The van der Waals surface area contributed by atoms with Crippen molar-refractivity contribution in [3.8, 4) is 0 Å². The molecule has 0 aromatic heterocycles. The molecule has 0 atom stereocenters. The van der Waals surface area contributed by atoms with Crippen LogP contribution in [-0.4, -0.2) is 41.5 Å². The minimum atomic E-state index is -0.313. The molecular weight excluding hydrogens is 268 g/mol. The molecule has 112 valence electrons. The molecule has 1 aromatic rings. The smallest absolute Gasteiger partial charge is 0.322 e. The first-order valence-corrected chi connectivity index (χ1v) is 7.09. The van der Waals surface area contributed by atoms with Gasteiger partial charge in [-0.25, -0.2) is 4.79 Å². The number of aliphatic hydroxyl groups is 1. The van der Waals surface area contributed by atoms with Crippen LogP contribution in [0.3, 0.4) is 0 Å². The van der Waals surface area contributed by atoms with E-state index in [0.29, 0.717) is 24.2 Å². The first-order chi connectivity index (χ1) is 10.2. The van der Waals surface area contributed by atoms with Gasteiger partial charge >= 0.3 is 6.03 Å². The Morgan fingerprint density at radius 2 is 2.24 bits per heavy atom. The predicted molar refractivity (Wildman–Crippen MR) is 81.6 cm³/mol. The summed E-state index contributed by atoms with van der Waals surface area (Å²) in [5.74, 6) is 0.130. The minimum absolute atomic E-state index is 0.107. The van der Waals surface area contributed by atoms with Crippen LogP contribution in [0.4, 0.5) is 10.5 Å². The molecular formula is C16H20N2O3. The molecule has 1 aromatic carbocycles. The standard InChI is InChI=1S/C16H20N2O3/c1-2-8-18(9-10-19)16(21)17-13-7-6-12-4-3-5-15(20)14(12)11-13/h2,6-7,11,19H,1,3-5,8-10H2,(H,17,21). The summed E-state index contributed by atoms with van der Waals surface area (Å²) in [5, 5.41) is 11.7. The number of hydrogen-bond acceptors (Lipinski definition) is 3. The van der Waals surface area contributed by atoms with Gasteiger partial charge in [0.1, 0.15) is 0 Å². The summed E-state index contributed by atoms with van der Waals surface area (Å²) in [6.45, 7) is 4.08. The highest BCUT2D eigenvalue weighted by atomic mass is 16.3. The van der Waals surface area contributed by atoms with E-state index in [2.05, 4.69) is 11.9 Å². The number of nitrogens with one attached hydrogen (secondary N) is 1. The predicted octanol–water partition coefficient (Wildman–Crippen LogP) is 2.22. The average Bonchev–Trinajstić information content (AvgIpc) is 2.48. The molecule has 21 heavy (non-hydrogen) atoms. The van der Waals surface area contributed by atoms with Gasteiger partial charge in [0.05, 0.1) is 6.61 Å². The van der Waals surface area contributed by atoms with Crippen LogP contribution in [0, 0.1) is 0 Å². The third kappa shape index (κ3) is 3.70. The van der Waals surface area contributed by atoms with E-state index < -0.39 is 0 Å². The summed E-state index contributed by atoms with van der Waals surface area (Å²) in [4.78, 5) is 25.5. The highest BCUT2D eigenvalue weighted by Gasteiger charge is 2.18. The van der Waals surface area contributed by atoms with Crippen molar-refractivity contribution in [3.05, 3.63) is 42.0 Å². The summed E-state index contributed by atoms with van der Waals surface area (Å²) in [5.41, 5.74) is 2.35. The highest BCUT2D eigenvalue weighted by Crippen LogP contribution is 2.24. The maximum atomic E-state index is 12.1. The Hall–Kier alpha value is -2.14. The number of aliphatic hydroxyl groups excluding tert-OH is 1. The van der Waals surface area contributed by atoms with Crippen molar-refractivity contribution in [1.29, 1.82) is 0 Å². The van der Waals surface area contributed by atoms with E-state index in [-0.39, 0.29) is 25.0 Å². The maximum absolute atomic E-state index is 12.1. The Kier molecular flexibility index (Phi) is 5.11. The number of fused-ring (bicyclic) bond motifs is 1. The van der Waals surface area contributed by atoms with Crippen LogP contribution in [0.25, 0.3) is 0 Å². The largest absolute Gasteiger partial charge is 0.395 e. The molecule has 5 nitrogen and oxygen atoms in total. The van der Waals surface area contributed by atoms with E-state index in [0.717, 1.165) is 18.4 Å². The Morgan fingerprint density at radius 3 is 2.95 bits per heavy atom. The topological polar surface area (TPSA) is 69.6 Å². The lowest BCUT2D eigenvalue weighted by Gasteiger charge is -2.21. The molecule has 0 unspecified atom stereocenters. The quantitative estimate of drug-likeness (QED) is 0.816. The first kappa shape index (κ1) is 15.3. The lowest BCUT2D eigenvalue weighted by Crippen LogP contribution is -2.37. The highest BCUT2D eigenvalue weighted by molar-refractivity contribution is 6.00. The summed E-state index contributed by atoms with van der Waals surface area (Å²) in [7, 11) is 0. The van der Waals surface area contributed by atoms with Gasteiger partial charge in [-0.3, -0.25) is 4.79 Å². The summed E-state index contributed by atoms with van der Waals surface area (Å²) < 4.78 is 0. The van der Waals surface area contributed by atoms with E-state index in [1.165, 1.54) is 4.90 Å². The second-order valence-electron chi connectivity index (χ2n) is 5.04. The van der Waals surface area contributed by atoms with Crippen LogP contribution in [0.2, 0.25) is 0 Å². The van der Waals surface area contributed by atoms with E-state index in [1.807, 2.05) is 6.07 Å². The van der Waals surface area contributed by atoms with Gasteiger partial charge in [-0.15, -0.1) is 6.58 Å². The van der Waals surface area contributed by atoms with Crippen LogP contribution in [0.15, 0.2) is 30.9 Å². The molecule has 0 fully saturated rings. The zero-order valence-electron chi connectivity index (χ0n) is 12.0. The molecule has 0 saturated heterocycles. The van der Waals surface area contributed by atoms with E-state index >= 15 is 0 Å². The number of rotatable bonds is 5. The molecule has 0 spiro atoms. The zero-order chi connectivity index (χ0) is 15.2. The normalized spacial score (nSPS) is 13.5. The fourth-order valence-electron chi connectivity index (χ4n) is 2.46. The number of Topliss-reactive ketones (excluding diaryl/α,β-unsaturated/α-hetero) is 1. The van der Waals surface area contributed by atoms with Gasteiger partial charge in [0.15, 0.2) is 5.78 Å². The SMILES string of the molecule is C=CCN(CCO)C(=O)Nc1ccc2c(c1)C(=O)CCC2. The number of amides is 2. The third-order valence-electron chi connectivity index (χ3n) is 3.52. The van der Waals surface area contributed by atoms with E-state index in [4.69, 9.17) is 5.11 Å². The minimum Gasteiger partial charge on any atom is -0.395 e. The maximum Gasteiger partial charge on any atom is 0.322 e. The average molecular weight is 288 g/mol. The number of nitrogens with zero attached hydrogens (tertiary/aromatic N) is 1. The van der Waals surface area contributed by atoms with Gasteiger partial charge in [-0.05, 0) is 30.5 Å². The zero-order valence-corrected chi connectivity index (χ0v) is 12.0. The van der Waals surface area contributed by atoms with E-state index in [9.17, 15) is 9.59 Å². The molecule has 0 radical (unpaired) electrons. The Balaban J connectivity index is 2.12. The summed E-state index contributed by atoms with van der Waals surface area (Å²) >= 11 is 0. The van der Waals surface area contributed by atoms with E-state index in [1.54, 1.807) is 18.2 Å². The van der Waals surface area contributed by atoms with Crippen molar-refractivity contribution in [2.45, 2.75) is 19.3 Å². The van der Waals surface area contributed by atoms with Gasteiger partial charge in [-0.1, -0.05) is 12.1 Å². The van der Waals surface area contributed by atoms with Crippen LogP contribution >= 0.6 is 0 Å². The number of benzene rings is 1. The van der Waals surface area contributed by atoms with Gasteiger partial charge in [0, 0.05) is 30.8 Å². The second-order valence-corrected chi connectivity index (χ2v) is 5.04. The van der Waals surface area contributed by atoms with Gasteiger partial charge < -0.3 is 15.3 Å². The van der Waals surface area contributed by atoms with Crippen LogP contribution < -0.4 is 5.32 Å². The van der Waals surface area contributed by atoms with Crippen LogP contribution in [-0.2, 0) is 6.42 Å². The number of urea groups is 1. The fraction of sp³-hybridized carbons (Fsp3) is 0.375. The second kappa shape index (κ2) is 7.04. The lowest BCUT2D eigenvalue weighted by molar-refractivity contribution is 0.0972. The molecule has 2 rings (SSSR count). The van der Waals surface area contributed by atoms with Crippen molar-refractivity contribution >= 4 is 17.5 Å². The molecule has 0 saturated carbocycles. The number of carbonyl (C=O) groups excluding carboxylic acids is 2. The Morgan fingerprint density at radius 1 is 1.43 bits per heavy atom. The molecule has 5 heteroatoms. The molecule has 1 aliphatic carbocycles. The number of carbonyl (C=O) groups is 2. The summed E-state index contributed by atoms with van der Waals surface area (Å²) in [6.07, 6.45) is 3.96. The number of hydrogen-bond donors (Lipinski definition) is 2. The molecule has 0 bridgehead atoms. The first-order valence-electron chi connectivity index (χ1n) is 7.09. The molecule has 2 N–H and O–H groups in total. The fourth-order valence-corrected chi connectivity index (χ4v) is 2.46. The number of aryl methyl sites for hydroxylation is 1. The van der Waals surface area contributed by atoms with Crippen LogP contribution in [0.5, 0.6) is 0 Å². The Bertz CT molecular complexity index is 554. The van der Waals surface area contributed by atoms with Crippen molar-refractivity contribution in [1.82, 2.24) is 4.90 Å². The third-order valence-corrected chi connectivity index (χ3v) is 3.52. The van der Waals surface area contributed by atoms with Crippen molar-refractivity contribution in [3.63, 3.8) is 0 Å². The number of ketones is 1. The van der Waals surface area contributed by atoms with Gasteiger partial charge in [-0.2, -0.15) is 0 Å². The monoisotopic (exact) mass is 288 g/mol.